The van der Waals surface area contributed by atoms with Crippen LogP contribution < -0.4 is 15.8 Å². The Morgan fingerprint density at radius 2 is 2.00 bits per heavy atom. The third kappa shape index (κ3) is 5.36. The number of nitrogens with one attached hydrogen (secondary N) is 1. The molecule has 1 aliphatic rings. The van der Waals surface area contributed by atoms with Crippen LogP contribution in [-0.4, -0.2) is 30.3 Å². The molecule has 0 radical (unpaired) electrons. The van der Waals surface area contributed by atoms with Gasteiger partial charge < -0.3 is 20.5 Å². The van der Waals surface area contributed by atoms with Crippen molar-refractivity contribution in [3.8, 4) is 5.75 Å². The Kier molecular flexibility index (Phi) is 5.99. The number of esters is 1. The Morgan fingerprint density at radius 3 is 2.60 bits per heavy atom. The van der Waals surface area contributed by atoms with E-state index in [4.69, 9.17) is 15.2 Å². The molecule has 25 heavy (non-hydrogen) atoms. The van der Waals surface area contributed by atoms with E-state index in [9.17, 15) is 4.79 Å². The van der Waals surface area contributed by atoms with Crippen molar-refractivity contribution >= 4 is 11.7 Å². The Balaban J connectivity index is 2.19. The molecule has 5 nitrogen and oxygen atoms in total. The van der Waals surface area contributed by atoms with Crippen LogP contribution >= 0.6 is 0 Å². The Bertz CT molecular complexity index is 620. The van der Waals surface area contributed by atoms with Gasteiger partial charge in [-0.25, -0.2) is 0 Å². The van der Waals surface area contributed by atoms with Gasteiger partial charge in [0, 0.05) is 0 Å². The fourth-order valence-electron chi connectivity index (χ4n) is 3.27. The highest BCUT2D eigenvalue weighted by Crippen LogP contribution is 2.36. The van der Waals surface area contributed by atoms with Gasteiger partial charge in [-0.2, -0.15) is 0 Å². The van der Waals surface area contributed by atoms with E-state index in [1.807, 2.05) is 46.8 Å². The molecule has 0 amide bonds. The fourth-order valence-corrected chi connectivity index (χ4v) is 3.27. The number of nitrogens with two attached hydrogens (primary N) is 1. The number of nitrogen functional groups attached to an aromatic ring is 1. The van der Waals surface area contributed by atoms with Gasteiger partial charge in [-0.15, -0.1) is 0 Å². The average molecular weight is 348 g/mol. The van der Waals surface area contributed by atoms with Crippen LogP contribution in [0.3, 0.4) is 0 Å². The van der Waals surface area contributed by atoms with Crippen LogP contribution in [0, 0.1) is 6.92 Å². The van der Waals surface area contributed by atoms with Crippen LogP contribution in [0.2, 0.25) is 0 Å². The van der Waals surface area contributed by atoms with E-state index >= 15 is 0 Å². The minimum atomic E-state index is -0.471. The molecule has 1 aromatic carbocycles. The van der Waals surface area contributed by atoms with Gasteiger partial charge in [0.2, 0.25) is 0 Å². The Labute approximate surface area is 151 Å². The number of hydrogen-bond acceptors (Lipinski definition) is 5. The van der Waals surface area contributed by atoms with Crippen LogP contribution in [0.4, 0.5) is 5.69 Å². The number of aryl methyl sites for hydroxylation is 1. The lowest BCUT2D eigenvalue weighted by Gasteiger charge is -2.32. The molecule has 2 atom stereocenters. The van der Waals surface area contributed by atoms with Gasteiger partial charge >= 0.3 is 5.97 Å². The summed E-state index contributed by atoms with van der Waals surface area (Å²) in [5.41, 5.74) is 8.64. The summed E-state index contributed by atoms with van der Waals surface area (Å²) in [5.74, 6) is 0.834. The SMILES string of the molecule is Cc1cc(N)c(OC(C)C)cc1C1CCNC(C(=O)OC(C)(C)C)C1. The molecule has 0 saturated carbocycles. The molecule has 1 fully saturated rings. The molecule has 1 saturated heterocycles. The highest BCUT2D eigenvalue weighted by molar-refractivity contribution is 5.76. The lowest BCUT2D eigenvalue weighted by atomic mass is 9.84. The monoisotopic (exact) mass is 348 g/mol. The summed E-state index contributed by atoms with van der Waals surface area (Å²) in [6.45, 7) is 12.5. The first-order valence-corrected chi connectivity index (χ1v) is 9.09. The van der Waals surface area contributed by atoms with Crippen LogP contribution in [0.25, 0.3) is 0 Å². The zero-order valence-corrected chi connectivity index (χ0v) is 16.3. The summed E-state index contributed by atoms with van der Waals surface area (Å²) in [5, 5.41) is 3.29. The van der Waals surface area contributed by atoms with Gasteiger partial charge in [0.1, 0.15) is 17.4 Å². The fraction of sp³-hybridized carbons (Fsp3) is 0.650. The van der Waals surface area contributed by atoms with Crippen LogP contribution in [-0.2, 0) is 9.53 Å². The van der Waals surface area contributed by atoms with Gasteiger partial charge in [-0.1, -0.05) is 0 Å². The maximum Gasteiger partial charge on any atom is 0.323 e. The smallest absolute Gasteiger partial charge is 0.323 e. The van der Waals surface area contributed by atoms with E-state index in [0.29, 0.717) is 5.69 Å². The van der Waals surface area contributed by atoms with Gasteiger partial charge in [-0.3, -0.25) is 4.79 Å². The third-order valence-corrected chi connectivity index (χ3v) is 4.30. The number of benzene rings is 1. The molecule has 5 heteroatoms. The zero-order chi connectivity index (χ0) is 18.8. The number of hydrogen-bond donors (Lipinski definition) is 2. The van der Waals surface area contributed by atoms with Crippen molar-refractivity contribution in [2.45, 2.75) is 78.0 Å². The molecule has 0 spiro atoms. The first-order valence-electron chi connectivity index (χ1n) is 9.09. The first kappa shape index (κ1) is 19.6. The molecule has 1 aromatic rings. The van der Waals surface area contributed by atoms with Gasteiger partial charge in [0.25, 0.3) is 0 Å². The second kappa shape index (κ2) is 7.65. The van der Waals surface area contributed by atoms with Crippen LogP contribution in [0.1, 0.15) is 64.5 Å². The van der Waals surface area contributed by atoms with Gasteiger partial charge in [0.05, 0.1) is 11.8 Å². The van der Waals surface area contributed by atoms with Crippen LogP contribution in [0.5, 0.6) is 5.75 Å². The van der Waals surface area contributed by atoms with Crippen molar-refractivity contribution in [3.05, 3.63) is 23.3 Å². The molecular weight excluding hydrogens is 316 g/mol. The third-order valence-electron chi connectivity index (χ3n) is 4.30. The number of carbonyl (C=O) groups is 1. The second-order valence-corrected chi connectivity index (χ2v) is 8.17. The van der Waals surface area contributed by atoms with E-state index in [1.54, 1.807) is 0 Å². The highest BCUT2D eigenvalue weighted by Gasteiger charge is 2.32. The van der Waals surface area contributed by atoms with Crippen molar-refractivity contribution in [2.75, 3.05) is 12.3 Å². The molecular formula is C20H32N2O3. The summed E-state index contributed by atoms with van der Waals surface area (Å²) in [7, 11) is 0. The van der Waals surface area contributed by atoms with Crippen molar-refractivity contribution in [3.63, 3.8) is 0 Å². The molecule has 140 valence electrons. The van der Waals surface area contributed by atoms with Gasteiger partial charge in [0.15, 0.2) is 0 Å². The lowest BCUT2D eigenvalue weighted by molar-refractivity contribution is -0.158. The van der Waals surface area contributed by atoms with E-state index in [0.717, 1.165) is 30.7 Å². The van der Waals surface area contributed by atoms with E-state index in [1.165, 1.54) is 5.56 Å². The molecule has 2 rings (SSSR count). The van der Waals surface area contributed by atoms with E-state index in [2.05, 4.69) is 12.2 Å². The number of carbonyl (C=O) groups excluding carboxylic acids is 1. The Hall–Kier alpha value is -1.75. The van der Waals surface area contributed by atoms with Crippen molar-refractivity contribution in [1.29, 1.82) is 0 Å². The molecule has 0 bridgehead atoms. The zero-order valence-electron chi connectivity index (χ0n) is 16.3. The highest BCUT2D eigenvalue weighted by atomic mass is 16.6. The molecule has 3 N–H and O–H groups in total. The molecule has 1 aliphatic heterocycles. The van der Waals surface area contributed by atoms with Gasteiger partial charge in [-0.05, 0) is 90.1 Å². The van der Waals surface area contributed by atoms with Crippen molar-refractivity contribution < 1.29 is 14.3 Å². The average Bonchev–Trinajstić information content (AvgIpc) is 2.48. The first-order chi connectivity index (χ1) is 11.6. The number of anilines is 1. The summed E-state index contributed by atoms with van der Waals surface area (Å²) in [4.78, 5) is 12.4. The van der Waals surface area contributed by atoms with E-state index in [-0.39, 0.29) is 24.0 Å². The molecule has 0 aliphatic carbocycles. The molecule has 1 heterocycles. The number of ether oxygens (including phenoxy) is 2. The molecule has 0 aromatic heterocycles. The summed E-state index contributed by atoms with van der Waals surface area (Å²) in [6.07, 6.45) is 1.77. The summed E-state index contributed by atoms with van der Waals surface area (Å²) in [6, 6.07) is 3.74. The second-order valence-electron chi connectivity index (χ2n) is 8.17. The summed E-state index contributed by atoms with van der Waals surface area (Å²) >= 11 is 0. The maximum absolute atomic E-state index is 12.4. The van der Waals surface area contributed by atoms with Crippen molar-refractivity contribution in [2.24, 2.45) is 0 Å². The van der Waals surface area contributed by atoms with E-state index < -0.39 is 5.60 Å². The predicted molar refractivity (Wildman–Crippen MR) is 101 cm³/mol. The summed E-state index contributed by atoms with van der Waals surface area (Å²) < 4.78 is 11.4. The Morgan fingerprint density at radius 1 is 1.32 bits per heavy atom. The number of piperidine rings is 1. The lowest BCUT2D eigenvalue weighted by Crippen LogP contribution is -2.45. The topological polar surface area (TPSA) is 73.6 Å². The normalized spacial score (nSPS) is 21.2. The number of rotatable bonds is 4. The van der Waals surface area contributed by atoms with Crippen LogP contribution in [0.15, 0.2) is 12.1 Å². The largest absolute Gasteiger partial charge is 0.489 e. The van der Waals surface area contributed by atoms with Crippen molar-refractivity contribution in [1.82, 2.24) is 5.32 Å². The quantitative estimate of drug-likeness (QED) is 0.643. The predicted octanol–water partition coefficient (Wildman–Crippen LogP) is 3.54. The molecule has 2 unspecified atom stereocenters. The minimum Gasteiger partial charge on any atom is -0.489 e. The maximum atomic E-state index is 12.4. The standard InChI is InChI=1S/C20H32N2O3/c1-12(2)24-18-11-15(13(3)9-16(18)21)14-7-8-22-17(10-14)19(23)25-20(4,5)6/h9,11-12,14,17,22H,7-8,10,21H2,1-6H3. The minimum absolute atomic E-state index is 0.0698.